The second-order valence-corrected chi connectivity index (χ2v) is 6.80. The van der Waals surface area contributed by atoms with Gasteiger partial charge in [0.15, 0.2) is 0 Å². The number of fused-ring (bicyclic) bond motifs is 1. The zero-order valence-electron chi connectivity index (χ0n) is 12.3. The van der Waals surface area contributed by atoms with Gasteiger partial charge in [-0.05, 0) is 44.0 Å². The Hall–Kier alpha value is -1.11. The maximum Gasteiger partial charge on any atom is 0.301 e. The Balaban J connectivity index is 2.26. The Morgan fingerprint density at radius 2 is 2.15 bits per heavy atom. The third kappa shape index (κ3) is 2.97. The van der Waals surface area contributed by atoms with Gasteiger partial charge in [-0.2, -0.15) is 13.1 Å². The second kappa shape index (κ2) is 6.11. The topological polar surface area (TPSA) is 61.4 Å². The van der Waals surface area contributed by atoms with Crippen LogP contribution in [0.15, 0.2) is 18.2 Å². The quantitative estimate of drug-likeness (QED) is 0.838. The molecular formula is C14H23N3O2S. The molecule has 0 fully saturated rings. The van der Waals surface area contributed by atoms with Gasteiger partial charge in [0.1, 0.15) is 0 Å². The van der Waals surface area contributed by atoms with Gasteiger partial charge in [-0.3, -0.25) is 4.31 Å². The Morgan fingerprint density at radius 1 is 1.40 bits per heavy atom. The van der Waals surface area contributed by atoms with Crippen LogP contribution in [0.1, 0.15) is 37.4 Å². The lowest BCUT2D eigenvalue weighted by molar-refractivity contribution is 0.577. The first-order valence-corrected chi connectivity index (χ1v) is 8.51. The van der Waals surface area contributed by atoms with E-state index < -0.39 is 10.2 Å². The van der Waals surface area contributed by atoms with Gasteiger partial charge in [0.05, 0.1) is 5.69 Å². The van der Waals surface area contributed by atoms with Crippen LogP contribution in [0.5, 0.6) is 0 Å². The summed E-state index contributed by atoms with van der Waals surface area (Å²) in [6.07, 6.45) is 1.56. The summed E-state index contributed by atoms with van der Waals surface area (Å²) in [7, 11) is -1.49. The third-order valence-electron chi connectivity index (χ3n) is 3.71. The number of hydrogen-bond acceptors (Lipinski definition) is 3. The van der Waals surface area contributed by atoms with Crippen molar-refractivity contribution in [2.24, 2.45) is 0 Å². The molecule has 0 amide bonds. The van der Waals surface area contributed by atoms with Gasteiger partial charge in [0.2, 0.25) is 0 Å². The van der Waals surface area contributed by atoms with Crippen molar-refractivity contribution in [2.75, 3.05) is 24.4 Å². The molecule has 1 aliphatic rings. The lowest BCUT2D eigenvalue weighted by atomic mass is 10.0. The molecule has 6 heteroatoms. The first-order valence-electron chi connectivity index (χ1n) is 7.07. The minimum absolute atomic E-state index is 0.268. The molecule has 2 N–H and O–H groups in total. The SMILES string of the molecule is CCCNS(=O)(=O)N1CCc2cc(C(C)NC)ccc21. The van der Waals surface area contributed by atoms with Crippen LogP contribution >= 0.6 is 0 Å². The molecule has 0 aromatic heterocycles. The van der Waals surface area contributed by atoms with E-state index >= 15 is 0 Å². The van der Waals surface area contributed by atoms with Gasteiger partial charge in [0.25, 0.3) is 0 Å². The van der Waals surface area contributed by atoms with Gasteiger partial charge in [-0.1, -0.05) is 19.1 Å². The van der Waals surface area contributed by atoms with Crippen LogP contribution in [-0.2, 0) is 16.6 Å². The van der Waals surface area contributed by atoms with Crippen molar-refractivity contribution in [3.63, 3.8) is 0 Å². The number of hydrogen-bond donors (Lipinski definition) is 2. The number of nitrogens with one attached hydrogen (secondary N) is 2. The monoisotopic (exact) mass is 297 g/mol. The van der Waals surface area contributed by atoms with Crippen molar-refractivity contribution in [1.82, 2.24) is 10.0 Å². The first kappa shape index (κ1) is 15.3. The maximum absolute atomic E-state index is 12.2. The fourth-order valence-electron chi connectivity index (χ4n) is 2.39. The Bertz CT molecular complexity index is 572. The van der Waals surface area contributed by atoms with E-state index in [2.05, 4.69) is 23.0 Å². The van der Waals surface area contributed by atoms with Crippen LogP contribution in [0.25, 0.3) is 0 Å². The molecule has 1 aromatic rings. The molecule has 5 nitrogen and oxygen atoms in total. The van der Waals surface area contributed by atoms with E-state index in [1.807, 2.05) is 26.1 Å². The fourth-order valence-corrected chi connectivity index (χ4v) is 3.77. The van der Waals surface area contributed by atoms with E-state index in [9.17, 15) is 8.42 Å². The zero-order chi connectivity index (χ0) is 14.8. The number of rotatable bonds is 6. The molecule has 2 rings (SSSR count). The molecule has 0 radical (unpaired) electrons. The average Bonchev–Trinajstić information content (AvgIpc) is 2.88. The molecule has 112 valence electrons. The van der Waals surface area contributed by atoms with Crippen molar-refractivity contribution in [1.29, 1.82) is 0 Å². The van der Waals surface area contributed by atoms with E-state index in [0.29, 0.717) is 13.1 Å². The molecule has 1 atom stereocenters. The summed E-state index contributed by atoms with van der Waals surface area (Å²) < 4.78 is 28.6. The average molecular weight is 297 g/mol. The van der Waals surface area contributed by atoms with E-state index in [1.165, 1.54) is 9.87 Å². The highest BCUT2D eigenvalue weighted by molar-refractivity contribution is 7.90. The Morgan fingerprint density at radius 3 is 2.80 bits per heavy atom. The van der Waals surface area contributed by atoms with Crippen molar-refractivity contribution < 1.29 is 8.42 Å². The predicted molar refractivity (Wildman–Crippen MR) is 82.2 cm³/mol. The minimum atomic E-state index is -3.41. The molecule has 1 aliphatic heterocycles. The summed E-state index contributed by atoms with van der Waals surface area (Å²) in [5.74, 6) is 0. The predicted octanol–water partition coefficient (Wildman–Crippen LogP) is 1.57. The smallest absolute Gasteiger partial charge is 0.301 e. The summed E-state index contributed by atoms with van der Waals surface area (Å²) in [6, 6.07) is 6.28. The fraction of sp³-hybridized carbons (Fsp3) is 0.571. The number of benzene rings is 1. The summed E-state index contributed by atoms with van der Waals surface area (Å²) in [4.78, 5) is 0. The molecule has 0 saturated carbocycles. The third-order valence-corrected chi connectivity index (χ3v) is 5.24. The van der Waals surface area contributed by atoms with Gasteiger partial charge in [-0.15, -0.1) is 0 Å². The molecule has 0 aliphatic carbocycles. The van der Waals surface area contributed by atoms with Crippen LogP contribution in [0.2, 0.25) is 0 Å². The summed E-state index contributed by atoms with van der Waals surface area (Å²) in [5.41, 5.74) is 3.10. The highest BCUT2D eigenvalue weighted by atomic mass is 32.2. The standard InChI is InChI=1S/C14H23N3O2S/c1-4-8-16-20(18,19)17-9-7-13-10-12(11(2)15-3)5-6-14(13)17/h5-6,10-11,15-16H,4,7-9H2,1-3H3. The number of anilines is 1. The Kier molecular flexibility index (Phi) is 4.67. The highest BCUT2D eigenvalue weighted by Crippen LogP contribution is 2.32. The van der Waals surface area contributed by atoms with Crippen LogP contribution in [0.3, 0.4) is 0 Å². The lowest BCUT2D eigenvalue weighted by Crippen LogP contribution is -2.40. The summed E-state index contributed by atoms with van der Waals surface area (Å²) >= 11 is 0. The molecule has 0 spiro atoms. The van der Waals surface area contributed by atoms with Crippen LogP contribution in [-0.4, -0.2) is 28.6 Å². The van der Waals surface area contributed by atoms with Crippen molar-refractivity contribution >= 4 is 15.9 Å². The van der Waals surface area contributed by atoms with E-state index in [0.717, 1.165) is 24.1 Å². The summed E-state index contributed by atoms with van der Waals surface area (Å²) in [5, 5.41) is 3.20. The van der Waals surface area contributed by atoms with Gasteiger partial charge in [0, 0.05) is 19.1 Å². The largest absolute Gasteiger partial charge is 0.313 e. The molecule has 0 saturated heterocycles. The van der Waals surface area contributed by atoms with Gasteiger partial charge >= 0.3 is 10.2 Å². The zero-order valence-corrected chi connectivity index (χ0v) is 13.1. The van der Waals surface area contributed by atoms with Crippen LogP contribution in [0.4, 0.5) is 5.69 Å². The Labute approximate surface area is 121 Å². The highest BCUT2D eigenvalue weighted by Gasteiger charge is 2.29. The lowest BCUT2D eigenvalue weighted by Gasteiger charge is -2.20. The second-order valence-electron chi connectivity index (χ2n) is 5.12. The molecule has 1 heterocycles. The van der Waals surface area contributed by atoms with Crippen molar-refractivity contribution in [3.05, 3.63) is 29.3 Å². The molecule has 1 aromatic carbocycles. The van der Waals surface area contributed by atoms with E-state index in [4.69, 9.17) is 0 Å². The van der Waals surface area contributed by atoms with Crippen LogP contribution < -0.4 is 14.3 Å². The normalized spacial score (nSPS) is 16.2. The van der Waals surface area contributed by atoms with Gasteiger partial charge < -0.3 is 5.32 Å². The maximum atomic E-state index is 12.2. The molecule has 1 unspecified atom stereocenters. The van der Waals surface area contributed by atoms with Crippen molar-refractivity contribution in [2.45, 2.75) is 32.7 Å². The first-order chi connectivity index (χ1) is 9.49. The van der Waals surface area contributed by atoms with E-state index in [-0.39, 0.29) is 6.04 Å². The summed E-state index contributed by atoms with van der Waals surface area (Å²) in [6.45, 7) is 5.04. The van der Waals surface area contributed by atoms with E-state index in [1.54, 1.807) is 0 Å². The van der Waals surface area contributed by atoms with Gasteiger partial charge in [-0.25, -0.2) is 0 Å². The van der Waals surface area contributed by atoms with Crippen molar-refractivity contribution in [3.8, 4) is 0 Å². The minimum Gasteiger partial charge on any atom is -0.313 e. The molecule has 0 bridgehead atoms. The van der Waals surface area contributed by atoms with Crippen LogP contribution in [0, 0.1) is 0 Å². The number of nitrogens with zero attached hydrogens (tertiary/aromatic N) is 1. The molecular weight excluding hydrogens is 274 g/mol. The molecule has 20 heavy (non-hydrogen) atoms.